The summed E-state index contributed by atoms with van der Waals surface area (Å²) in [7, 11) is 0. The highest BCUT2D eigenvalue weighted by atomic mass is 15.0. The van der Waals surface area contributed by atoms with Crippen molar-refractivity contribution in [2.24, 2.45) is 11.5 Å². The minimum absolute atomic E-state index is 0.0191. The summed E-state index contributed by atoms with van der Waals surface area (Å²) in [5.41, 5.74) is 17.2. The van der Waals surface area contributed by atoms with Gasteiger partial charge in [0.1, 0.15) is 0 Å². The zero-order valence-corrected chi connectivity index (χ0v) is 20.9. The Kier molecular flexibility index (Phi) is 9.98. The lowest BCUT2D eigenvalue weighted by Crippen LogP contribution is -2.40. The summed E-state index contributed by atoms with van der Waals surface area (Å²) in [4.78, 5) is 0. The van der Waals surface area contributed by atoms with Gasteiger partial charge in [0.15, 0.2) is 0 Å². The Morgan fingerprint density at radius 3 is 2.52 bits per heavy atom. The molecule has 33 heavy (non-hydrogen) atoms. The molecular formula is C29H44N4. The predicted octanol–water partition coefficient (Wildman–Crippen LogP) is 5.88. The summed E-state index contributed by atoms with van der Waals surface area (Å²) in [5, 5.41) is 4.93. The van der Waals surface area contributed by atoms with Gasteiger partial charge in [0.05, 0.1) is 0 Å². The number of aryl methyl sites for hydroxylation is 1. The van der Waals surface area contributed by atoms with Crippen LogP contribution in [-0.4, -0.2) is 30.2 Å². The van der Waals surface area contributed by atoms with Gasteiger partial charge in [-0.2, -0.15) is 0 Å². The fourth-order valence-corrected chi connectivity index (χ4v) is 5.18. The second-order valence-corrected chi connectivity index (χ2v) is 9.26. The maximum Gasteiger partial charge on any atom is 0.0485 e. The zero-order valence-electron chi connectivity index (χ0n) is 20.9. The number of rotatable bonds is 9. The molecule has 1 aromatic heterocycles. The molecular weight excluding hydrogens is 404 g/mol. The van der Waals surface area contributed by atoms with Gasteiger partial charge in [-0.15, -0.1) is 0 Å². The average Bonchev–Trinajstić information content (AvgIpc) is 3.25. The average molecular weight is 449 g/mol. The van der Waals surface area contributed by atoms with Crippen LogP contribution in [0.2, 0.25) is 0 Å². The van der Waals surface area contributed by atoms with E-state index >= 15 is 0 Å². The van der Waals surface area contributed by atoms with Crippen LogP contribution in [0.5, 0.6) is 0 Å². The van der Waals surface area contributed by atoms with Gasteiger partial charge >= 0.3 is 0 Å². The second kappa shape index (κ2) is 12.9. The summed E-state index contributed by atoms with van der Waals surface area (Å²) < 4.78 is 2.59. The van der Waals surface area contributed by atoms with Crippen LogP contribution in [0.25, 0.3) is 10.9 Å². The molecule has 0 saturated heterocycles. The number of hydrogen-bond donors (Lipinski definition) is 3. The van der Waals surface area contributed by atoms with Crippen LogP contribution in [-0.2, 0) is 0 Å². The first-order valence-electron chi connectivity index (χ1n) is 13.0. The first-order valence-corrected chi connectivity index (χ1v) is 13.0. The molecule has 180 valence electrons. The van der Waals surface area contributed by atoms with Crippen LogP contribution in [0.4, 0.5) is 0 Å². The van der Waals surface area contributed by atoms with Gasteiger partial charge in [0, 0.05) is 48.2 Å². The molecule has 1 heterocycles. The van der Waals surface area contributed by atoms with Crippen molar-refractivity contribution in [3.63, 3.8) is 0 Å². The molecule has 2 unspecified atom stereocenters. The van der Waals surface area contributed by atoms with E-state index in [4.69, 9.17) is 11.5 Å². The smallest absolute Gasteiger partial charge is 0.0485 e. The van der Waals surface area contributed by atoms with Crippen molar-refractivity contribution in [2.45, 2.75) is 77.3 Å². The fourth-order valence-electron chi connectivity index (χ4n) is 5.18. The molecule has 1 aliphatic rings. The van der Waals surface area contributed by atoms with Crippen molar-refractivity contribution in [2.75, 3.05) is 19.6 Å². The molecule has 5 N–H and O–H groups in total. The normalized spacial score (nSPS) is 16.3. The number of benzene rings is 2. The third-order valence-electron chi connectivity index (χ3n) is 6.88. The van der Waals surface area contributed by atoms with Crippen molar-refractivity contribution in [3.8, 4) is 0 Å². The number of nitrogens with zero attached hydrogens (tertiary/aromatic N) is 1. The Labute approximate surface area is 200 Å². The van der Waals surface area contributed by atoms with Crippen LogP contribution < -0.4 is 16.8 Å². The molecule has 4 nitrogen and oxygen atoms in total. The Morgan fingerprint density at radius 2 is 1.79 bits per heavy atom. The third kappa shape index (κ3) is 6.47. The third-order valence-corrected chi connectivity index (χ3v) is 6.88. The second-order valence-electron chi connectivity index (χ2n) is 9.26. The zero-order chi connectivity index (χ0) is 23.6. The molecule has 0 radical (unpaired) electrons. The Hall–Kier alpha value is -2.14. The molecule has 0 aliphatic heterocycles. The van der Waals surface area contributed by atoms with Crippen LogP contribution in [0, 0.1) is 6.92 Å². The van der Waals surface area contributed by atoms with E-state index in [2.05, 4.69) is 71.5 Å². The highest BCUT2D eigenvalue weighted by Gasteiger charge is 2.23. The number of hydrogen-bond acceptors (Lipinski definition) is 3. The molecule has 1 saturated carbocycles. The minimum Gasteiger partial charge on any atom is -0.344 e. The molecule has 0 spiro atoms. The number of fused-ring (bicyclic) bond motifs is 1. The van der Waals surface area contributed by atoms with Crippen LogP contribution >= 0.6 is 0 Å². The quantitative estimate of drug-likeness (QED) is 0.358. The predicted molar refractivity (Wildman–Crippen MR) is 143 cm³/mol. The van der Waals surface area contributed by atoms with Gasteiger partial charge in [-0.25, -0.2) is 0 Å². The van der Waals surface area contributed by atoms with E-state index in [9.17, 15) is 0 Å². The molecule has 4 heteroatoms. The molecule has 2 atom stereocenters. The van der Waals surface area contributed by atoms with Gasteiger partial charge in [-0.1, -0.05) is 81.1 Å². The first-order chi connectivity index (χ1) is 16.2. The maximum atomic E-state index is 6.00. The molecule has 0 bridgehead atoms. The van der Waals surface area contributed by atoms with E-state index in [1.54, 1.807) is 0 Å². The van der Waals surface area contributed by atoms with Gasteiger partial charge in [0.2, 0.25) is 0 Å². The van der Waals surface area contributed by atoms with Gasteiger partial charge in [-0.05, 0) is 49.9 Å². The lowest BCUT2D eigenvalue weighted by atomic mass is 9.87. The summed E-state index contributed by atoms with van der Waals surface area (Å²) in [6.45, 7) is 8.39. The maximum absolute atomic E-state index is 6.00. The molecule has 1 aliphatic carbocycles. The van der Waals surface area contributed by atoms with E-state index in [1.165, 1.54) is 59.7 Å². The lowest BCUT2D eigenvalue weighted by molar-refractivity contribution is 0.360. The minimum atomic E-state index is 0.0191. The summed E-state index contributed by atoms with van der Waals surface area (Å²) in [6.07, 6.45) is 10.2. The standard InChI is InChI=1S/C27H38N4.C2H6/c1-20-8-7-9-21(16-20)24(14-15-30-18-22(29)17-28)26-19-31(23-10-3-2-4-11-23)27-13-6-5-12-25(26)27;1-2/h5-9,12-13,16,19,22-24,30H,2-4,10-11,14-15,17-18,28-29H2,1H3;1-2H3. The molecule has 2 aromatic carbocycles. The largest absolute Gasteiger partial charge is 0.344 e. The molecule has 1 fully saturated rings. The van der Waals surface area contributed by atoms with Crippen molar-refractivity contribution >= 4 is 10.9 Å². The van der Waals surface area contributed by atoms with Crippen LogP contribution in [0.15, 0.2) is 54.7 Å². The van der Waals surface area contributed by atoms with E-state index < -0.39 is 0 Å². The highest BCUT2D eigenvalue weighted by Crippen LogP contribution is 2.38. The van der Waals surface area contributed by atoms with Crippen LogP contribution in [0.3, 0.4) is 0 Å². The monoisotopic (exact) mass is 448 g/mol. The molecule has 4 rings (SSSR count). The fraction of sp³-hybridized carbons (Fsp3) is 0.517. The molecule has 0 amide bonds. The van der Waals surface area contributed by atoms with E-state index in [0.29, 0.717) is 18.5 Å². The summed E-state index contributed by atoms with van der Waals surface area (Å²) in [6, 6.07) is 18.6. The van der Waals surface area contributed by atoms with Crippen molar-refractivity contribution in [1.82, 2.24) is 9.88 Å². The first kappa shape index (κ1) is 25.5. The number of para-hydroxylation sites is 1. The Morgan fingerprint density at radius 1 is 1.03 bits per heavy atom. The van der Waals surface area contributed by atoms with Gasteiger partial charge in [0.25, 0.3) is 0 Å². The Balaban J connectivity index is 0.00000149. The Bertz CT molecular complexity index is 971. The SMILES string of the molecule is CC.Cc1cccc(C(CCNCC(N)CN)c2cn(C3CCCCC3)c3ccccc23)c1. The topological polar surface area (TPSA) is 69.0 Å². The van der Waals surface area contributed by atoms with E-state index in [1.807, 2.05) is 13.8 Å². The van der Waals surface area contributed by atoms with E-state index in [0.717, 1.165) is 19.5 Å². The summed E-state index contributed by atoms with van der Waals surface area (Å²) in [5.74, 6) is 0.358. The molecule has 3 aromatic rings. The lowest BCUT2D eigenvalue weighted by Gasteiger charge is -2.24. The number of aromatic nitrogens is 1. The number of nitrogens with two attached hydrogens (primary N) is 2. The van der Waals surface area contributed by atoms with Crippen molar-refractivity contribution in [1.29, 1.82) is 0 Å². The number of nitrogens with one attached hydrogen (secondary N) is 1. The van der Waals surface area contributed by atoms with Crippen molar-refractivity contribution < 1.29 is 0 Å². The van der Waals surface area contributed by atoms with Gasteiger partial charge in [-0.3, -0.25) is 0 Å². The van der Waals surface area contributed by atoms with E-state index in [-0.39, 0.29) is 6.04 Å². The van der Waals surface area contributed by atoms with Gasteiger partial charge < -0.3 is 21.4 Å². The van der Waals surface area contributed by atoms with Crippen molar-refractivity contribution in [3.05, 3.63) is 71.4 Å². The van der Waals surface area contributed by atoms with Crippen LogP contribution in [0.1, 0.15) is 81.0 Å². The summed E-state index contributed by atoms with van der Waals surface area (Å²) >= 11 is 0. The highest BCUT2D eigenvalue weighted by molar-refractivity contribution is 5.85.